The SMILES string of the molecule is COCC(C)NC(N)=NCC(=O)Nc1cccnc1.I. The fourth-order valence-corrected chi connectivity index (χ4v) is 1.38. The molecule has 112 valence electrons. The van der Waals surface area contributed by atoms with Gasteiger partial charge in [-0.2, -0.15) is 0 Å². The number of carbonyl (C=O) groups is 1. The number of anilines is 1. The first kappa shape index (κ1) is 18.6. The minimum absolute atomic E-state index is 0. The van der Waals surface area contributed by atoms with Crippen molar-refractivity contribution >= 4 is 41.5 Å². The molecule has 0 spiro atoms. The molecular weight excluding hydrogens is 373 g/mol. The molecule has 7 nitrogen and oxygen atoms in total. The summed E-state index contributed by atoms with van der Waals surface area (Å²) in [6.45, 7) is 2.37. The van der Waals surface area contributed by atoms with E-state index in [4.69, 9.17) is 10.5 Å². The lowest BCUT2D eigenvalue weighted by atomic mass is 10.4. The van der Waals surface area contributed by atoms with Crippen LogP contribution in [0, 0.1) is 0 Å². The van der Waals surface area contributed by atoms with Crippen molar-refractivity contribution in [3.05, 3.63) is 24.5 Å². The van der Waals surface area contributed by atoms with Crippen LogP contribution in [-0.4, -0.2) is 43.2 Å². The van der Waals surface area contributed by atoms with Gasteiger partial charge in [-0.3, -0.25) is 9.78 Å². The molecule has 0 bridgehead atoms. The third kappa shape index (κ3) is 7.89. The van der Waals surface area contributed by atoms with Gasteiger partial charge >= 0.3 is 0 Å². The van der Waals surface area contributed by atoms with E-state index in [1.54, 1.807) is 31.6 Å². The summed E-state index contributed by atoms with van der Waals surface area (Å²) < 4.78 is 4.95. The molecule has 4 N–H and O–H groups in total. The highest BCUT2D eigenvalue weighted by molar-refractivity contribution is 14.0. The minimum atomic E-state index is -0.253. The number of nitrogens with zero attached hydrogens (tertiary/aromatic N) is 2. The molecule has 20 heavy (non-hydrogen) atoms. The number of nitrogens with one attached hydrogen (secondary N) is 2. The summed E-state index contributed by atoms with van der Waals surface area (Å²) in [5, 5.41) is 5.57. The molecule has 1 amide bonds. The van der Waals surface area contributed by atoms with Crippen molar-refractivity contribution in [1.29, 1.82) is 0 Å². The fraction of sp³-hybridized carbons (Fsp3) is 0.417. The Morgan fingerprint density at radius 2 is 2.35 bits per heavy atom. The highest BCUT2D eigenvalue weighted by Crippen LogP contribution is 2.01. The molecule has 1 atom stereocenters. The Morgan fingerprint density at radius 1 is 1.60 bits per heavy atom. The van der Waals surface area contributed by atoms with E-state index in [1.807, 2.05) is 6.92 Å². The van der Waals surface area contributed by atoms with E-state index in [-0.39, 0.29) is 48.4 Å². The van der Waals surface area contributed by atoms with Gasteiger partial charge in [0, 0.05) is 19.3 Å². The van der Waals surface area contributed by atoms with Crippen LogP contribution < -0.4 is 16.4 Å². The number of guanidine groups is 1. The van der Waals surface area contributed by atoms with Crippen LogP contribution in [0.15, 0.2) is 29.5 Å². The zero-order valence-corrected chi connectivity index (χ0v) is 13.8. The Balaban J connectivity index is 0.00000361. The number of hydrogen-bond acceptors (Lipinski definition) is 4. The van der Waals surface area contributed by atoms with Gasteiger partial charge in [0.15, 0.2) is 5.96 Å². The molecule has 1 rings (SSSR count). The van der Waals surface area contributed by atoms with Gasteiger partial charge in [-0.05, 0) is 19.1 Å². The average molecular weight is 393 g/mol. The highest BCUT2D eigenvalue weighted by Gasteiger charge is 2.04. The van der Waals surface area contributed by atoms with Gasteiger partial charge < -0.3 is 21.1 Å². The van der Waals surface area contributed by atoms with Crippen LogP contribution in [0.5, 0.6) is 0 Å². The van der Waals surface area contributed by atoms with Crippen LogP contribution in [0.3, 0.4) is 0 Å². The highest BCUT2D eigenvalue weighted by atomic mass is 127. The first-order chi connectivity index (χ1) is 9.11. The van der Waals surface area contributed by atoms with Gasteiger partial charge in [0.05, 0.1) is 18.5 Å². The summed E-state index contributed by atoms with van der Waals surface area (Å²) in [4.78, 5) is 19.4. The van der Waals surface area contributed by atoms with Crippen molar-refractivity contribution in [2.45, 2.75) is 13.0 Å². The first-order valence-electron chi connectivity index (χ1n) is 5.87. The van der Waals surface area contributed by atoms with Crippen LogP contribution >= 0.6 is 24.0 Å². The maximum atomic E-state index is 11.6. The topological polar surface area (TPSA) is 102 Å². The standard InChI is InChI=1S/C12H19N5O2.HI/c1-9(8-19-2)16-12(13)15-7-11(18)17-10-4-3-5-14-6-10;/h3-6,9H,7-8H2,1-2H3,(H,17,18)(H3,13,15,16);1H. The molecule has 8 heteroatoms. The van der Waals surface area contributed by atoms with Gasteiger partial charge in [0.25, 0.3) is 0 Å². The lowest BCUT2D eigenvalue weighted by molar-refractivity contribution is -0.114. The molecule has 0 fully saturated rings. The smallest absolute Gasteiger partial charge is 0.246 e. The maximum absolute atomic E-state index is 11.6. The van der Waals surface area contributed by atoms with Gasteiger partial charge in [0.2, 0.25) is 5.91 Å². The fourth-order valence-electron chi connectivity index (χ4n) is 1.38. The van der Waals surface area contributed by atoms with E-state index < -0.39 is 0 Å². The van der Waals surface area contributed by atoms with E-state index in [2.05, 4.69) is 20.6 Å². The van der Waals surface area contributed by atoms with Crippen molar-refractivity contribution in [3.63, 3.8) is 0 Å². The van der Waals surface area contributed by atoms with Crippen molar-refractivity contribution < 1.29 is 9.53 Å². The Morgan fingerprint density at radius 3 is 2.95 bits per heavy atom. The molecule has 1 aromatic heterocycles. The first-order valence-corrected chi connectivity index (χ1v) is 5.87. The monoisotopic (exact) mass is 393 g/mol. The molecule has 0 aliphatic rings. The van der Waals surface area contributed by atoms with Crippen molar-refractivity contribution in [3.8, 4) is 0 Å². The number of methoxy groups -OCH3 is 1. The predicted octanol–water partition coefficient (Wildman–Crippen LogP) is 0.577. The molecule has 0 aliphatic heterocycles. The lowest BCUT2D eigenvalue weighted by Crippen LogP contribution is -2.41. The van der Waals surface area contributed by atoms with E-state index in [1.165, 1.54) is 0 Å². The Bertz CT molecular complexity index is 427. The van der Waals surface area contributed by atoms with Crippen LogP contribution in [0.2, 0.25) is 0 Å². The normalized spacial score (nSPS) is 12.2. The third-order valence-corrected chi connectivity index (χ3v) is 2.15. The van der Waals surface area contributed by atoms with E-state index >= 15 is 0 Å². The number of hydrogen-bond donors (Lipinski definition) is 3. The number of rotatable bonds is 6. The number of aliphatic imine (C=N–C) groups is 1. The maximum Gasteiger partial charge on any atom is 0.246 e. The van der Waals surface area contributed by atoms with Gasteiger partial charge in [-0.15, -0.1) is 24.0 Å². The number of nitrogens with two attached hydrogens (primary N) is 1. The molecule has 1 aromatic rings. The number of halogens is 1. The number of pyridine rings is 1. The van der Waals surface area contributed by atoms with Crippen molar-refractivity contribution in [1.82, 2.24) is 10.3 Å². The van der Waals surface area contributed by atoms with Gasteiger partial charge in [-0.25, -0.2) is 4.99 Å². The molecular formula is C12H20IN5O2. The molecule has 1 heterocycles. The van der Waals surface area contributed by atoms with Crippen LogP contribution in [0.25, 0.3) is 0 Å². The van der Waals surface area contributed by atoms with E-state index in [0.29, 0.717) is 12.3 Å². The zero-order chi connectivity index (χ0) is 14.1. The summed E-state index contributed by atoms with van der Waals surface area (Å²) in [5.41, 5.74) is 6.26. The van der Waals surface area contributed by atoms with Gasteiger partial charge in [-0.1, -0.05) is 0 Å². The summed E-state index contributed by atoms with van der Waals surface area (Å²) >= 11 is 0. The van der Waals surface area contributed by atoms with Crippen LogP contribution in [0.4, 0.5) is 5.69 Å². The summed E-state index contributed by atoms with van der Waals surface area (Å²) in [7, 11) is 1.60. The van der Waals surface area contributed by atoms with Crippen LogP contribution in [0.1, 0.15) is 6.92 Å². The Kier molecular flexibility index (Phi) is 9.64. The minimum Gasteiger partial charge on any atom is -0.383 e. The molecule has 1 unspecified atom stereocenters. The van der Waals surface area contributed by atoms with Crippen LogP contribution in [-0.2, 0) is 9.53 Å². The quantitative estimate of drug-likeness (QED) is 0.373. The zero-order valence-electron chi connectivity index (χ0n) is 11.5. The number of aromatic nitrogens is 1. The third-order valence-electron chi connectivity index (χ3n) is 2.15. The second kappa shape index (κ2) is 10.4. The molecule has 0 saturated heterocycles. The second-order valence-corrected chi connectivity index (χ2v) is 3.99. The van der Waals surface area contributed by atoms with Crippen molar-refractivity contribution in [2.24, 2.45) is 10.7 Å². The number of carbonyl (C=O) groups excluding carboxylic acids is 1. The lowest BCUT2D eigenvalue weighted by Gasteiger charge is -2.12. The molecule has 0 saturated carbocycles. The van der Waals surface area contributed by atoms with Crippen molar-refractivity contribution in [2.75, 3.05) is 25.6 Å². The summed E-state index contributed by atoms with van der Waals surface area (Å²) in [5.74, 6) is -0.0389. The molecule has 0 radical (unpaired) electrons. The second-order valence-electron chi connectivity index (χ2n) is 3.99. The largest absolute Gasteiger partial charge is 0.383 e. The summed E-state index contributed by atoms with van der Waals surface area (Å²) in [6.07, 6.45) is 3.19. The average Bonchev–Trinajstić information content (AvgIpc) is 2.38. The Hall–Kier alpha value is -1.42. The number of ether oxygens (including phenoxy) is 1. The Labute approximate surface area is 135 Å². The molecule has 0 aromatic carbocycles. The van der Waals surface area contributed by atoms with Gasteiger partial charge in [0.1, 0.15) is 6.54 Å². The predicted molar refractivity (Wildman–Crippen MR) is 89.2 cm³/mol. The van der Waals surface area contributed by atoms with E-state index in [0.717, 1.165) is 0 Å². The summed E-state index contributed by atoms with van der Waals surface area (Å²) in [6, 6.07) is 3.52. The van der Waals surface area contributed by atoms with E-state index in [9.17, 15) is 4.79 Å². The molecule has 0 aliphatic carbocycles. The number of amides is 1.